The number of carbonyl (C=O) groups excluding carboxylic acids is 1. The number of ether oxygens (including phenoxy) is 1. The lowest BCUT2D eigenvalue weighted by atomic mass is 9.99. The van der Waals surface area contributed by atoms with E-state index >= 15 is 0 Å². The van der Waals surface area contributed by atoms with Gasteiger partial charge in [0.2, 0.25) is 0 Å². The highest BCUT2D eigenvalue weighted by atomic mass is 32.2. The van der Waals surface area contributed by atoms with Gasteiger partial charge >= 0.3 is 5.97 Å². The zero-order valence-corrected chi connectivity index (χ0v) is 16.0. The van der Waals surface area contributed by atoms with E-state index in [1.165, 1.54) is 36.4 Å². The molecule has 2 aromatic carbocycles. The summed E-state index contributed by atoms with van der Waals surface area (Å²) in [7, 11) is -3.85. The summed E-state index contributed by atoms with van der Waals surface area (Å²) in [6.45, 7) is 3.45. The molecule has 0 spiro atoms. The van der Waals surface area contributed by atoms with Gasteiger partial charge in [-0.25, -0.2) is 12.8 Å². The molecule has 2 N–H and O–H groups in total. The van der Waals surface area contributed by atoms with Gasteiger partial charge in [-0.3, -0.25) is 4.79 Å². The number of hydrogen-bond acceptors (Lipinski definition) is 5. The van der Waals surface area contributed by atoms with Crippen LogP contribution in [-0.4, -0.2) is 32.8 Å². The van der Waals surface area contributed by atoms with E-state index in [9.17, 15) is 17.6 Å². The van der Waals surface area contributed by atoms with Crippen LogP contribution < -0.4 is 5.73 Å². The maximum Gasteiger partial charge on any atom is 0.315 e. The molecule has 5 nitrogen and oxygen atoms in total. The van der Waals surface area contributed by atoms with Gasteiger partial charge in [-0.1, -0.05) is 29.8 Å². The predicted octanol–water partition coefficient (Wildman–Crippen LogP) is 2.58. The van der Waals surface area contributed by atoms with Crippen LogP contribution in [0.5, 0.6) is 0 Å². The summed E-state index contributed by atoms with van der Waals surface area (Å²) in [5.41, 5.74) is 6.01. The molecule has 3 atom stereocenters. The Morgan fingerprint density at radius 1 is 1.15 bits per heavy atom. The van der Waals surface area contributed by atoms with E-state index in [0.717, 1.165) is 5.56 Å². The molecule has 2 aromatic rings. The first-order valence-corrected chi connectivity index (χ1v) is 10.3. The topological polar surface area (TPSA) is 86.5 Å². The summed E-state index contributed by atoms with van der Waals surface area (Å²) >= 11 is 0. The van der Waals surface area contributed by atoms with Crippen molar-refractivity contribution in [3.8, 4) is 0 Å². The molecular weight excluding hydrogens is 369 g/mol. The molecule has 0 radical (unpaired) electrons. The number of esters is 1. The fourth-order valence-corrected chi connectivity index (χ4v) is 6.09. The van der Waals surface area contributed by atoms with Crippen LogP contribution in [0.25, 0.3) is 0 Å². The number of rotatable bonds is 6. The normalized spacial score (nSPS) is 24.4. The number of benzene rings is 2. The second-order valence-corrected chi connectivity index (χ2v) is 8.84. The van der Waals surface area contributed by atoms with E-state index in [4.69, 9.17) is 10.5 Å². The maximum atomic E-state index is 13.3. The van der Waals surface area contributed by atoms with Crippen molar-refractivity contribution < 1.29 is 22.3 Å². The van der Waals surface area contributed by atoms with Crippen molar-refractivity contribution in [2.45, 2.75) is 29.9 Å². The number of halogens is 1. The second kappa shape index (κ2) is 7.05. The first-order chi connectivity index (χ1) is 12.8. The minimum Gasteiger partial charge on any atom is -0.465 e. The molecule has 0 unspecified atom stereocenters. The summed E-state index contributed by atoms with van der Waals surface area (Å²) in [5.74, 6) is -1.76. The Balaban J connectivity index is 2.10. The SMILES string of the molecule is CCOC(=O)[C@]1(CN)[C@H](c2ccc(F)cc2)[C@H]1S(=O)(=O)c1ccc(C)cc1. The van der Waals surface area contributed by atoms with E-state index in [1.807, 2.05) is 6.92 Å². The first-order valence-electron chi connectivity index (χ1n) is 8.72. The van der Waals surface area contributed by atoms with Crippen LogP contribution >= 0.6 is 0 Å². The Morgan fingerprint density at radius 3 is 2.26 bits per heavy atom. The number of carbonyl (C=O) groups is 1. The fourth-order valence-electron chi connectivity index (χ4n) is 3.71. The van der Waals surface area contributed by atoms with Crippen molar-refractivity contribution in [2.75, 3.05) is 13.2 Å². The van der Waals surface area contributed by atoms with E-state index < -0.39 is 38.2 Å². The van der Waals surface area contributed by atoms with Crippen molar-refractivity contribution >= 4 is 15.8 Å². The number of hydrogen-bond donors (Lipinski definition) is 1. The van der Waals surface area contributed by atoms with Crippen LogP contribution in [0.15, 0.2) is 53.4 Å². The molecule has 0 aromatic heterocycles. The summed E-state index contributed by atoms with van der Waals surface area (Å²) in [4.78, 5) is 12.8. The van der Waals surface area contributed by atoms with E-state index in [0.29, 0.717) is 5.56 Å². The van der Waals surface area contributed by atoms with Gasteiger partial charge in [0.15, 0.2) is 9.84 Å². The molecule has 7 heteroatoms. The smallest absolute Gasteiger partial charge is 0.315 e. The molecule has 3 rings (SSSR count). The molecule has 1 aliphatic carbocycles. The molecule has 1 saturated carbocycles. The highest BCUT2D eigenvalue weighted by Crippen LogP contribution is 2.64. The standard InChI is InChI=1S/C20H22FNO4S/c1-3-26-19(23)20(12-22)17(14-6-8-15(21)9-7-14)18(20)27(24,25)16-10-4-13(2)5-11-16/h4-11,17-18H,3,12,22H2,1-2H3/t17-,18-,20-/m1/s1. The van der Waals surface area contributed by atoms with Crippen molar-refractivity contribution in [3.63, 3.8) is 0 Å². The van der Waals surface area contributed by atoms with Gasteiger partial charge in [0.25, 0.3) is 0 Å². The highest BCUT2D eigenvalue weighted by molar-refractivity contribution is 7.92. The molecule has 144 valence electrons. The third kappa shape index (κ3) is 3.15. The zero-order valence-electron chi connectivity index (χ0n) is 15.2. The minimum absolute atomic E-state index is 0.119. The Kier molecular flexibility index (Phi) is 5.10. The minimum atomic E-state index is -3.85. The van der Waals surface area contributed by atoms with Gasteiger partial charge in [-0.05, 0) is 43.7 Å². The van der Waals surface area contributed by atoms with Gasteiger partial charge in [0.05, 0.1) is 16.8 Å². The van der Waals surface area contributed by atoms with E-state index in [2.05, 4.69) is 0 Å². The van der Waals surface area contributed by atoms with E-state index in [1.54, 1.807) is 19.1 Å². The Morgan fingerprint density at radius 2 is 1.74 bits per heavy atom. The lowest BCUT2D eigenvalue weighted by Gasteiger charge is -2.14. The van der Waals surface area contributed by atoms with Crippen LogP contribution in [0, 0.1) is 18.2 Å². The van der Waals surface area contributed by atoms with Gasteiger partial charge in [0.1, 0.15) is 11.2 Å². The van der Waals surface area contributed by atoms with Crippen LogP contribution in [-0.2, 0) is 19.4 Å². The molecule has 0 bridgehead atoms. The molecule has 27 heavy (non-hydrogen) atoms. The third-order valence-electron chi connectivity index (χ3n) is 5.16. The highest BCUT2D eigenvalue weighted by Gasteiger charge is 2.75. The fraction of sp³-hybridized carbons (Fsp3) is 0.350. The Hall–Kier alpha value is -2.25. The quantitative estimate of drug-likeness (QED) is 0.765. The lowest BCUT2D eigenvalue weighted by molar-refractivity contribution is -0.149. The van der Waals surface area contributed by atoms with Crippen molar-refractivity contribution in [1.29, 1.82) is 0 Å². The molecule has 0 saturated heterocycles. The zero-order chi connectivity index (χ0) is 19.8. The number of aryl methyl sites for hydroxylation is 1. The van der Waals surface area contributed by atoms with Crippen LogP contribution in [0.4, 0.5) is 4.39 Å². The largest absolute Gasteiger partial charge is 0.465 e. The monoisotopic (exact) mass is 391 g/mol. The predicted molar refractivity (Wildman–Crippen MR) is 99.4 cm³/mol. The van der Waals surface area contributed by atoms with Crippen molar-refractivity contribution in [1.82, 2.24) is 0 Å². The van der Waals surface area contributed by atoms with Crippen LogP contribution in [0.2, 0.25) is 0 Å². The number of sulfone groups is 1. The molecule has 1 fully saturated rings. The molecule has 0 aliphatic heterocycles. The van der Waals surface area contributed by atoms with Crippen molar-refractivity contribution in [3.05, 3.63) is 65.5 Å². The Bertz CT molecular complexity index is 941. The average Bonchev–Trinajstić information content (AvgIpc) is 3.34. The molecular formula is C20H22FNO4S. The van der Waals surface area contributed by atoms with E-state index in [-0.39, 0.29) is 18.0 Å². The first kappa shape index (κ1) is 19.5. The lowest BCUT2D eigenvalue weighted by Crippen LogP contribution is -2.33. The maximum absolute atomic E-state index is 13.3. The summed E-state index contributed by atoms with van der Waals surface area (Å²) < 4.78 is 45.1. The van der Waals surface area contributed by atoms with Gasteiger partial charge in [-0.15, -0.1) is 0 Å². The summed E-state index contributed by atoms with van der Waals surface area (Å²) in [6.07, 6.45) is 0. The summed E-state index contributed by atoms with van der Waals surface area (Å²) in [6, 6.07) is 11.9. The van der Waals surface area contributed by atoms with Gasteiger partial charge in [0, 0.05) is 12.5 Å². The average molecular weight is 391 g/mol. The van der Waals surface area contributed by atoms with Gasteiger partial charge < -0.3 is 10.5 Å². The molecule has 1 aliphatic rings. The Labute approximate surface area is 158 Å². The van der Waals surface area contributed by atoms with Crippen LogP contribution in [0.3, 0.4) is 0 Å². The third-order valence-corrected chi connectivity index (χ3v) is 7.45. The van der Waals surface area contributed by atoms with Crippen LogP contribution in [0.1, 0.15) is 24.0 Å². The molecule has 0 heterocycles. The number of nitrogens with two attached hydrogens (primary N) is 1. The van der Waals surface area contributed by atoms with Crippen molar-refractivity contribution in [2.24, 2.45) is 11.1 Å². The summed E-state index contributed by atoms with van der Waals surface area (Å²) in [5, 5.41) is -1.05. The van der Waals surface area contributed by atoms with Gasteiger partial charge in [-0.2, -0.15) is 0 Å². The second-order valence-electron chi connectivity index (χ2n) is 6.77. The molecule has 0 amide bonds.